The molecule has 1 aliphatic heterocycles. The number of benzene rings is 1. The van der Waals surface area contributed by atoms with Crippen molar-refractivity contribution in [2.24, 2.45) is 4.99 Å². The van der Waals surface area contributed by atoms with Gasteiger partial charge in [0, 0.05) is 51.4 Å². The van der Waals surface area contributed by atoms with E-state index in [1.807, 2.05) is 7.05 Å². The maximum absolute atomic E-state index is 4.38. The van der Waals surface area contributed by atoms with Gasteiger partial charge in [0.2, 0.25) is 0 Å². The Morgan fingerprint density at radius 2 is 2.04 bits per heavy atom. The standard InChI is InChI=1S/C20H35N5/c1-16(2)24(5)12-11-22-20(21-4)23-19-13-17(3)25(15-19)14-18-9-7-6-8-10-18/h6-10,16-17,19H,11-15H2,1-5H3,(H2,21,22,23). The molecular weight excluding hydrogens is 310 g/mol. The molecule has 1 aromatic rings. The minimum atomic E-state index is 0.452. The molecule has 0 radical (unpaired) electrons. The lowest BCUT2D eigenvalue weighted by Gasteiger charge is -2.23. The zero-order valence-electron chi connectivity index (χ0n) is 16.5. The third-order valence-corrected chi connectivity index (χ3v) is 5.14. The van der Waals surface area contributed by atoms with Gasteiger partial charge < -0.3 is 15.5 Å². The normalized spacial score (nSPS) is 22.0. The minimum Gasteiger partial charge on any atom is -0.355 e. The van der Waals surface area contributed by atoms with Crippen LogP contribution in [0.5, 0.6) is 0 Å². The summed E-state index contributed by atoms with van der Waals surface area (Å²) in [4.78, 5) is 9.27. The molecule has 0 amide bonds. The molecule has 1 heterocycles. The van der Waals surface area contributed by atoms with Crippen LogP contribution in [0.2, 0.25) is 0 Å². The largest absolute Gasteiger partial charge is 0.355 e. The Labute approximate surface area is 153 Å². The molecule has 1 aromatic carbocycles. The molecule has 2 rings (SSSR count). The fraction of sp³-hybridized carbons (Fsp3) is 0.650. The summed E-state index contributed by atoms with van der Waals surface area (Å²) < 4.78 is 0. The molecule has 0 aromatic heterocycles. The van der Waals surface area contributed by atoms with E-state index in [0.717, 1.165) is 38.6 Å². The molecule has 0 spiro atoms. The van der Waals surface area contributed by atoms with Crippen molar-refractivity contribution in [2.45, 2.75) is 51.9 Å². The van der Waals surface area contributed by atoms with Gasteiger partial charge in [0.1, 0.15) is 0 Å². The van der Waals surface area contributed by atoms with Crippen LogP contribution in [0.1, 0.15) is 32.8 Å². The molecule has 5 heteroatoms. The van der Waals surface area contributed by atoms with Gasteiger partial charge in [0.25, 0.3) is 0 Å². The molecule has 0 aliphatic carbocycles. The summed E-state index contributed by atoms with van der Waals surface area (Å²) in [6.45, 7) is 10.7. The van der Waals surface area contributed by atoms with E-state index in [4.69, 9.17) is 0 Å². The van der Waals surface area contributed by atoms with Gasteiger partial charge in [-0.1, -0.05) is 30.3 Å². The highest BCUT2D eigenvalue weighted by Gasteiger charge is 2.29. The number of rotatable bonds is 7. The Bertz CT molecular complexity index is 528. The molecule has 5 nitrogen and oxygen atoms in total. The lowest BCUT2D eigenvalue weighted by Crippen LogP contribution is -2.46. The summed E-state index contributed by atoms with van der Waals surface area (Å²) in [5, 5.41) is 7.03. The zero-order valence-corrected chi connectivity index (χ0v) is 16.5. The van der Waals surface area contributed by atoms with Crippen LogP contribution in [-0.4, -0.2) is 67.6 Å². The molecular formula is C20H35N5. The summed E-state index contributed by atoms with van der Waals surface area (Å²) in [6.07, 6.45) is 1.15. The molecule has 1 saturated heterocycles. The van der Waals surface area contributed by atoms with E-state index >= 15 is 0 Å². The number of nitrogens with one attached hydrogen (secondary N) is 2. The van der Waals surface area contributed by atoms with E-state index in [1.54, 1.807) is 0 Å². The molecule has 2 atom stereocenters. The highest BCUT2D eigenvalue weighted by molar-refractivity contribution is 5.80. The Hall–Kier alpha value is -1.59. The maximum Gasteiger partial charge on any atom is 0.191 e. The maximum atomic E-state index is 4.38. The second-order valence-electron chi connectivity index (χ2n) is 7.41. The Balaban J connectivity index is 1.77. The van der Waals surface area contributed by atoms with Crippen molar-refractivity contribution in [1.29, 1.82) is 0 Å². The number of likely N-dealkylation sites (N-methyl/N-ethyl adjacent to an activating group) is 1. The van der Waals surface area contributed by atoms with Gasteiger partial charge in [-0.15, -0.1) is 0 Å². The summed E-state index contributed by atoms with van der Waals surface area (Å²) in [7, 11) is 4.00. The summed E-state index contributed by atoms with van der Waals surface area (Å²) >= 11 is 0. The lowest BCUT2D eigenvalue weighted by atomic mass is 10.2. The molecule has 25 heavy (non-hydrogen) atoms. The smallest absolute Gasteiger partial charge is 0.191 e. The molecule has 1 aliphatic rings. The fourth-order valence-corrected chi connectivity index (χ4v) is 3.24. The van der Waals surface area contributed by atoms with Crippen LogP contribution in [0, 0.1) is 0 Å². The van der Waals surface area contributed by atoms with Crippen LogP contribution < -0.4 is 10.6 Å². The number of likely N-dealkylation sites (tertiary alicyclic amines) is 1. The van der Waals surface area contributed by atoms with Gasteiger partial charge in [-0.2, -0.15) is 0 Å². The van der Waals surface area contributed by atoms with Crippen LogP contribution in [0.25, 0.3) is 0 Å². The van der Waals surface area contributed by atoms with E-state index in [1.165, 1.54) is 5.56 Å². The van der Waals surface area contributed by atoms with Crippen molar-refractivity contribution < 1.29 is 0 Å². The zero-order chi connectivity index (χ0) is 18.2. The highest BCUT2D eigenvalue weighted by atomic mass is 15.3. The van der Waals surface area contributed by atoms with E-state index < -0.39 is 0 Å². The summed E-state index contributed by atoms with van der Waals surface area (Å²) in [5.41, 5.74) is 1.38. The Morgan fingerprint density at radius 3 is 2.68 bits per heavy atom. The Morgan fingerprint density at radius 1 is 1.32 bits per heavy atom. The van der Waals surface area contributed by atoms with Crippen LogP contribution >= 0.6 is 0 Å². The van der Waals surface area contributed by atoms with E-state index in [0.29, 0.717) is 18.1 Å². The second-order valence-corrected chi connectivity index (χ2v) is 7.41. The predicted molar refractivity (Wildman–Crippen MR) is 107 cm³/mol. The molecule has 140 valence electrons. The predicted octanol–water partition coefficient (Wildman–Crippen LogP) is 2.15. The third-order valence-electron chi connectivity index (χ3n) is 5.14. The van der Waals surface area contributed by atoms with Gasteiger partial charge >= 0.3 is 0 Å². The lowest BCUT2D eigenvalue weighted by molar-refractivity contribution is 0.258. The third kappa shape index (κ3) is 6.33. The first kappa shape index (κ1) is 19.7. The number of nitrogens with zero attached hydrogens (tertiary/aromatic N) is 3. The average Bonchev–Trinajstić information content (AvgIpc) is 2.93. The second kappa shape index (κ2) is 9.78. The van der Waals surface area contributed by atoms with Crippen LogP contribution in [0.3, 0.4) is 0 Å². The van der Waals surface area contributed by atoms with Crippen molar-refractivity contribution in [1.82, 2.24) is 20.4 Å². The van der Waals surface area contributed by atoms with Crippen molar-refractivity contribution in [3.05, 3.63) is 35.9 Å². The molecule has 0 saturated carbocycles. The van der Waals surface area contributed by atoms with Gasteiger partial charge in [0.05, 0.1) is 0 Å². The quantitative estimate of drug-likeness (QED) is 0.587. The average molecular weight is 346 g/mol. The van der Waals surface area contributed by atoms with Crippen molar-refractivity contribution in [3.8, 4) is 0 Å². The first-order valence-corrected chi connectivity index (χ1v) is 9.45. The van der Waals surface area contributed by atoms with Gasteiger partial charge in [-0.05, 0) is 39.8 Å². The monoisotopic (exact) mass is 345 g/mol. The van der Waals surface area contributed by atoms with E-state index in [-0.39, 0.29) is 0 Å². The topological polar surface area (TPSA) is 42.9 Å². The van der Waals surface area contributed by atoms with Gasteiger partial charge in [0.15, 0.2) is 5.96 Å². The highest BCUT2D eigenvalue weighted by Crippen LogP contribution is 2.20. The van der Waals surface area contributed by atoms with Crippen LogP contribution in [0.4, 0.5) is 0 Å². The van der Waals surface area contributed by atoms with Crippen molar-refractivity contribution in [2.75, 3.05) is 33.7 Å². The summed E-state index contributed by atoms with van der Waals surface area (Å²) in [6, 6.07) is 12.3. The molecule has 2 unspecified atom stereocenters. The van der Waals surface area contributed by atoms with Crippen LogP contribution in [0.15, 0.2) is 35.3 Å². The fourth-order valence-electron chi connectivity index (χ4n) is 3.24. The number of hydrogen-bond acceptors (Lipinski definition) is 3. The first-order valence-electron chi connectivity index (χ1n) is 9.45. The summed E-state index contributed by atoms with van der Waals surface area (Å²) in [5.74, 6) is 0.913. The number of guanidine groups is 1. The van der Waals surface area contributed by atoms with E-state index in [9.17, 15) is 0 Å². The first-order chi connectivity index (χ1) is 12.0. The SMILES string of the molecule is CN=C(NCCN(C)C(C)C)NC1CC(C)N(Cc2ccccc2)C1. The molecule has 1 fully saturated rings. The van der Waals surface area contributed by atoms with Crippen molar-refractivity contribution in [3.63, 3.8) is 0 Å². The van der Waals surface area contributed by atoms with Crippen molar-refractivity contribution >= 4 is 5.96 Å². The number of hydrogen-bond donors (Lipinski definition) is 2. The van der Waals surface area contributed by atoms with Crippen LogP contribution in [-0.2, 0) is 6.54 Å². The van der Waals surface area contributed by atoms with E-state index in [2.05, 4.69) is 83.6 Å². The van der Waals surface area contributed by atoms with Gasteiger partial charge in [-0.25, -0.2) is 0 Å². The Kier molecular flexibility index (Phi) is 7.72. The number of aliphatic imine (C=N–C) groups is 1. The minimum absolute atomic E-state index is 0.452. The molecule has 2 N–H and O–H groups in total. The van der Waals surface area contributed by atoms with Gasteiger partial charge in [-0.3, -0.25) is 9.89 Å². The molecule has 0 bridgehead atoms.